The van der Waals surface area contributed by atoms with Gasteiger partial charge in [-0.15, -0.1) is 12.6 Å². The zero-order valence-electron chi connectivity index (χ0n) is 12.7. The van der Waals surface area contributed by atoms with Gasteiger partial charge in [0, 0.05) is 12.1 Å². The van der Waals surface area contributed by atoms with Crippen LogP contribution < -0.4 is 5.32 Å². The summed E-state index contributed by atoms with van der Waals surface area (Å²) in [5.74, 6) is 1.39. The van der Waals surface area contributed by atoms with E-state index in [9.17, 15) is 4.79 Å². The lowest BCUT2D eigenvalue weighted by Crippen LogP contribution is -2.28. The number of carbonyl (C=O) groups is 1. The summed E-state index contributed by atoms with van der Waals surface area (Å²) < 4.78 is 0. The quantitative estimate of drug-likeness (QED) is 0.428. The number of amides is 1. The molecule has 1 N–H and O–H groups in total. The second-order valence-electron chi connectivity index (χ2n) is 6.30. The molecule has 0 aromatic carbocycles. The predicted molar refractivity (Wildman–Crippen MR) is 87.8 cm³/mol. The van der Waals surface area contributed by atoms with Crippen LogP contribution in [-0.2, 0) is 4.79 Å². The third-order valence-corrected chi connectivity index (χ3v) is 4.68. The van der Waals surface area contributed by atoms with Crippen LogP contribution in [-0.4, -0.2) is 12.5 Å². The van der Waals surface area contributed by atoms with Crippen LogP contribution in [0.15, 0.2) is 22.1 Å². The van der Waals surface area contributed by atoms with E-state index in [-0.39, 0.29) is 5.91 Å². The van der Waals surface area contributed by atoms with E-state index in [0.717, 1.165) is 42.7 Å². The second kappa shape index (κ2) is 7.35. The van der Waals surface area contributed by atoms with E-state index in [1.54, 1.807) is 0 Å². The summed E-state index contributed by atoms with van der Waals surface area (Å²) in [7, 11) is 0. The fourth-order valence-corrected chi connectivity index (χ4v) is 2.99. The van der Waals surface area contributed by atoms with Gasteiger partial charge < -0.3 is 5.32 Å². The molecule has 1 amide bonds. The molecule has 0 aromatic heterocycles. The highest BCUT2D eigenvalue weighted by molar-refractivity contribution is 7.84. The Balaban J connectivity index is 2.13. The summed E-state index contributed by atoms with van der Waals surface area (Å²) >= 11 is 4.64. The SMILES string of the molecule is CCCCNC(=O)/C(=C\C1CC1)C1=C(S)CCC(C)C1. The minimum atomic E-state index is 0.112. The van der Waals surface area contributed by atoms with Gasteiger partial charge in [0.25, 0.3) is 5.91 Å². The number of nitrogens with one attached hydrogen (secondary N) is 1. The van der Waals surface area contributed by atoms with Crippen LogP contribution >= 0.6 is 12.6 Å². The molecule has 1 unspecified atom stereocenters. The Morgan fingerprint density at radius 1 is 1.40 bits per heavy atom. The molecule has 112 valence electrons. The molecule has 0 spiro atoms. The molecule has 1 fully saturated rings. The summed E-state index contributed by atoms with van der Waals surface area (Å²) in [6, 6.07) is 0. The maximum absolute atomic E-state index is 12.5. The Morgan fingerprint density at radius 3 is 2.80 bits per heavy atom. The van der Waals surface area contributed by atoms with E-state index in [4.69, 9.17) is 0 Å². The molecule has 3 heteroatoms. The smallest absolute Gasteiger partial charge is 0.251 e. The van der Waals surface area contributed by atoms with Crippen molar-refractivity contribution >= 4 is 18.5 Å². The van der Waals surface area contributed by atoms with Gasteiger partial charge in [0.2, 0.25) is 0 Å². The standard InChI is InChI=1S/C17H27NOS/c1-3-4-9-18-17(19)15(11-13-6-7-13)14-10-12(2)5-8-16(14)20/h11-13,20H,3-10H2,1-2H3,(H,18,19)/b15-11-. The van der Waals surface area contributed by atoms with E-state index in [1.807, 2.05) is 0 Å². The fourth-order valence-electron chi connectivity index (χ4n) is 2.65. The average molecular weight is 293 g/mol. The van der Waals surface area contributed by atoms with Crippen LogP contribution in [0.1, 0.15) is 58.8 Å². The first-order valence-electron chi connectivity index (χ1n) is 8.03. The number of hydrogen-bond acceptors (Lipinski definition) is 2. The summed E-state index contributed by atoms with van der Waals surface area (Å²) in [5, 5.41) is 3.07. The van der Waals surface area contributed by atoms with Crippen LogP contribution in [0.3, 0.4) is 0 Å². The first-order chi connectivity index (χ1) is 9.61. The van der Waals surface area contributed by atoms with Gasteiger partial charge in [-0.25, -0.2) is 0 Å². The minimum Gasteiger partial charge on any atom is -0.352 e. The Labute approximate surface area is 128 Å². The molecule has 20 heavy (non-hydrogen) atoms. The van der Waals surface area contributed by atoms with Crippen molar-refractivity contribution in [3.05, 3.63) is 22.1 Å². The molecule has 0 heterocycles. The van der Waals surface area contributed by atoms with Gasteiger partial charge >= 0.3 is 0 Å². The van der Waals surface area contributed by atoms with Crippen molar-refractivity contribution in [2.24, 2.45) is 11.8 Å². The van der Waals surface area contributed by atoms with Crippen molar-refractivity contribution < 1.29 is 4.79 Å². The number of thiol groups is 1. The molecule has 2 aliphatic carbocycles. The van der Waals surface area contributed by atoms with Crippen LogP contribution in [0.4, 0.5) is 0 Å². The first-order valence-corrected chi connectivity index (χ1v) is 8.48. The first kappa shape index (κ1) is 15.7. The lowest BCUT2D eigenvalue weighted by Gasteiger charge is -2.24. The van der Waals surface area contributed by atoms with E-state index >= 15 is 0 Å². The van der Waals surface area contributed by atoms with Crippen LogP contribution in [0.5, 0.6) is 0 Å². The largest absolute Gasteiger partial charge is 0.352 e. The topological polar surface area (TPSA) is 29.1 Å². The van der Waals surface area contributed by atoms with Crippen molar-refractivity contribution in [1.29, 1.82) is 0 Å². The number of rotatable bonds is 6. The third-order valence-electron chi connectivity index (χ3n) is 4.18. The highest BCUT2D eigenvalue weighted by Gasteiger charge is 2.27. The molecule has 1 atom stereocenters. The zero-order valence-corrected chi connectivity index (χ0v) is 13.6. The molecule has 0 aromatic rings. The Bertz CT molecular complexity index is 421. The summed E-state index contributed by atoms with van der Waals surface area (Å²) in [5.41, 5.74) is 2.12. The Kier molecular flexibility index (Phi) is 5.76. The van der Waals surface area contributed by atoms with Crippen LogP contribution in [0, 0.1) is 11.8 Å². The molecule has 0 bridgehead atoms. The van der Waals surface area contributed by atoms with Gasteiger partial charge in [-0.05, 0) is 60.8 Å². The molecule has 2 rings (SSSR count). The van der Waals surface area contributed by atoms with E-state index in [1.165, 1.54) is 24.8 Å². The highest BCUT2D eigenvalue weighted by atomic mass is 32.1. The maximum atomic E-state index is 12.5. The fraction of sp³-hybridized carbons (Fsp3) is 0.706. The summed E-state index contributed by atoms with van der Waals surface area (Å²) in [6.07, 6.45) is 10.0. The van der Waals surface area contributed by atoms with Crippen LogP contribution in [0.2, 0.25) is 0 Å². The van der Waals surface area contributed by atoms with Crippen molar-refractivity contribution in [3.63, 3.8) is 0 Å². The monoisotopic (exact) mass is 293 g/mol. The van der Waals surface area contributed by atoms with Gasteiger partial charge in [0.15, 0.2) is 0 Å². The lowest BCUT2D eigenvalue weighted by molar-refractivity contribution is -0.117. The van der Waals surface area contributed by atoms with Gasteiger partial charge in [-0.2, -0.15) is 0 Å². The van der Waals surface area contributed by atoms with E-state index in [2.05, 4.69) is 37.9 Å². The van der Waals surface area contributed by atoms with Gasteiger partial charge in [0.05, 0.1) is 0 Å². The molecule has 0 radical (unpaired) electrons. The van der Waals surface area contributed by atoms with E-state index in [0.29, 0.717) is 11.8 Å². The lowest BCUT2D eigenvalue weighted by atomic mass is 9.85. The van der Waals surface area contributed by atoms with Gasteiger partial charge in [-0.3, -0.25) is 4.79 Å². The molecular weight excluding hydrogens is 266 g/mol. The van der Waals surface area contributed by atoms with Gasteiger partial charge in [0.1, 0.15) is 0 Å². The second-order valence-corrected chi connectivity index (χ2v) is 6.84. The summed E-state index contributed by atoms with van der Waals surface area (Å²) in [6.45, 7) is 5.19. The number of unbranched alkanes of at least 4 members (excludes halogenated alkanes) is 1. The minimum absolute atomic E-state index is 0.112. The number of hydrogen-bond donors (Lipinski definition) is 2. The number of allylic oxidation sites excluding steroid dienone is 2. The van der Waals surface area contributed by atoms with Crippen molar-refractivity contribution in [2.75, 3.05) is 6.54 Å². The third kappa shape index (κ3) is 4.41. The maximum Gasteiger partial charge on any atom is 0.251 e. The van der Waals surface area contributed by atoms with Crippen molar-refractivity contribution in [2.45, 2.75) is 58.8 Å². The Morgan fingerprint density at radius 2 is 2.15 bits per heavy atom. The van der Waals surface area contributed by atoms with E-state index < -0.39 is 0 Å². The van der Waals surface area contributed by atoms with Crippen molar-refractivity contribution in [3.8, 4) is 0 Å². The number of carbonyl (C=O) groups excluding carboxylic acids is 1. The predicted octanol–water partition coefficient (Wildman–Crippen LogP) is 4.24. The molecule has 2 nitrogen and oxygen atoms in total. The molecular formula is C17H27NOS. The molecule has 0 saturated heterocycles. The van der Waals surface area contributed by atoms with Crippen molar-refractivity contribution in [1.82, 2.24) is 5.32 Å². The molecule has 2 aliphatic rings. The Hall–Kier alpha value is -0.700. The average Bonchev–Trinajstić information content (AvgIpc) is 3.23. The highest BCUT2D eigenvalue weighted by Crippen LogP contribution is 2.38. The zero-order chi connectivity index (χ0) is 14.5. The summed E-state index contributed by atoms with van der Waals surface area (Å²) in [4.78, 5) is 13.6. The molecule has 1 saturated carbocycles. The van der Waals surface area contributed by atoms with Crippen LogP contribution in [0.25, 0.3) is 0 Å². The normalized spacial score (nSPS) is 23.9. The molecule has 0 aliphatic heterocycles. The van der Waals surface area contributed by atoms with Gasteiger partial charge in [-0.1, -0.05) is 26.3 Å².